The predicted molar refractivity (Wildman–Crippen MR) is 70.4 cm³/mol. The van der Waals surface area contributed by atoms with Crippen LogP contribution in [0.15, 0.2) is 0 Å². The van der Waals surface area contributed by atoms with Crippen LogP contribution in [0, 0.1) is 11.3 Å². The van der Waals surface area contributed by atoms with Crippen LogP contribution >= 0.6 is 0 Å². The van der Waals surface area contributed by atoms with Crippen LogP contribution in [-0.2, 0) is 14.2 Å². The van der Waals surface area contributed by atoms with Gasteiger partial charge in [-0.1, -0.05) is 6.92 Å². The number of rotatable bonds is 12. The molecule has 0 radical (unpaired) electrons. The molecular formula is C13H26N2O3. The lowest BCUT2D eigenvalue weighted by Crippen LogP contribution is -2.40. The Kier molecular flexibility index (Phi) is 11.0. The highest BCUT2D eigenvalue weighted by Gasteiger charge is 2.21. The van der Waals surface area contributed by atoms with E-state index in [4.69, 9.17) is 19.5 Å². The van der Waals surface area contributed by atoms with Gasteiger partial charge in [-0.05, 0) is 26.3 Å². The van der Waals surface area contributed by atoms with Crippen molar-refractivity contribution < 1.29 is 14.2 Å². The van der Waals surface area contributed by atoms with Gasteiger partial charge in [-0.25, -0.2) is 0 Å². The molecule has 1 N–H and O–H groups in total. The van der Waals surface area contributed by atoms with E-state index in [2.05, 4.69) is 11.4 Å². The van der Waals surface area contributed by atoms with Crippen LogP contribution in [0.4, 0.5) is 0 Å². The molecule has 0 aromatic rings. The van der Waals surface area contributed by atoms with Gasteiger partial charge in [-0.3, -0.25) is 5.32 Å². The molecular weight excluding hydrogens is 232 g/mol. The van der Waals surface area contributed by atoms with E-state index >= 15 is 0 Å². The van der Waals surface area contributed by atoms with Gasteiger partial charge < -0.3 is 14.2 Å². The first-order chi connectivity index (χ1) is 8.68. The first-order valence-electron chi connectivity index (χ1n) is 6.49. The molecule has 1 atom stereocenters. The van der Waals surface area contributed by atoms with Gasteiger partial charge in [0, 0.05) is 13.7 Å². The average Bonchev–Trinajstić information content (AvgIpc) is 2.37. The van der Waals surface area contributed by atoms with Gasteiger partial charge >= 0.3 is 0 Å². The third kappa shape index (κ3) is 9.37. The van der Waals surface area contributed by atoms with Gasteiger partial charge in [0.2, 0.25) is 0 Å². The molecule has 0 fully saturated rings. The average molecular weight is 258 g/mol. The number of hydrogen-bond donors (Lipinski definition) is 1. The monoisotopic (exact) mass is 258 g/mol. The lowest BCUT2D eigenvalue weighted by Gasteiger charge is -2.22. The molecule has 5 heteroatoms. The molecule has 0 aliphatic rings. The second-order valence-corrected chi connectivity index (χ2v) is 4.30. The Bertz CT molecular complexity index is 231. The summed E-state index contributed by atoms with van der Waals surface area (Å²) in [5.74, 6) is 0. The summed E-state index contributed by atoms with van der Waals surface area (Å²) in [7, 11) is 1.65. The Balaban J connectivity index is 3.37. The highest BCUT2D eigenvalue weighted by atomic mass is 16.5. The van der Waals surface area contributed by atoms with E-state index in [-0.39, 0.29) is 0 Å². The van der Waals surface area contributed by atoms with Gasteiger partial charge in [0.15, 0.2) is 0 Å². The Morgan fingerprint density at radius 1 is 1.11 bits per heavy atom. The second kappa shape index (κ2) is 11.4. The Hall–Kier alpha value is -0.670. The number of methoxy groups -OCH3 is 1. The number of hydrogen-bond acceptors (Lipinski definition) is 5. The molecule has 5 nitrogen and oxygen atoms in total. The summed E-state index contributed by atoms with van der Waals surface area (Å²) in [4.78, 5) is 0. The summed E-state index contributed by atoms with van der Waals surface area (Å²) in [5, 5.41) is 12.2. The van der Waals surface area contributed by atoms with E-state index in [9.17, 15) is 0 Å². The topological polar surface area (TPSA) is 63.5 Å². The zero-order valence-corrected chi connectivity index (χ0v) is 11.8. The summed E-state index contributed by atoms with van der Waals surface area (Å²) >= 11 is 0. The van der Waals surface area contributed by atoms with Gasteiger partial charge in [0.25, 0.3) is 0 Å². The summed E-state index contributed by atoms with van der Waals surface area (Å²) < 4.78 is 15.6. The summed E-state index contributed by atoms with van der Waals surface area (Å²) in [6.45, 7) is 7.79. The fourth-order valence-electron chi connectivity index (χ4n) is 1.57. The fourth-order valence-corrected chi connectivity index (χ4v) is 1.57. The zero-order valence-electron chi connectivity index (χ0n) is 11.8. The number of nitrogens with one attached hydrogen (secondary N) is 1. The molecule has 0 bridgehead atoms. The molecule has 106 valence electrons. The van der Waals surface area contributed by atoms with E-state index in [1.807, 2.05) is 13.8 Å². The molecule has 1 unspecified atom stereocenters. The Labute approximate surface area is 110 Å². The quantitative estimate of drug-likeness (QED) is 0.535. The maximum Gasteiger partial charge on any atom is 0.104 e. The highest BCUT2D eigenvalue weighted by molar-refractivity contribution is 5.03. The summed E-state index contributed by atoms with van der Waals surface area (Å²) in [6.07, 6.45) is 1.66. The van der Waals surface area contributed by atoms with Crippen molar-refractivity contribution in [3.05, 3.63) is 0 Å². The summed E-state index contributed by atoms with van der Waals surface area (Å²) in [6, 6.07) is 2.30. The minimum absolute atomic E-state index is 0.437. The van der Waals surface area contributed by atoms with Crippen LogP contribution < -0.4 is 5.32 Å². The van der Waals surface area contributed by atoms with E-state index in [1.54, 1.807) is 7.11 Å². The molecule has 0 aliphatic carbocycles. The molecule has 0 spiro atoms. The van der Waals surface area contributed by atoms with Gasteiger partial charge in [-0.15, -0.1) is 0 Å². The molecule has 0 aromatic carbocycles. The van der Waals surface area contributed by atoms with Crippen LogP contribution in [0.2, 0.25) is 0 Å². The van der Waals surface area contributed by atoms with Crippen molar-refractivity contribution in [2.45, 2.75) is 32.2 Å². The molecule has 0 aromatic heterocycles. The first kappa shape index (κ1) is 17.3. The number of nitrogens with zero attached hydrogens (tertiary/aromatic N) is 1. The first-order valence-corrected chi connectivity index (χ1v) is 6.49. The number of ether oxygens (including phenoxy) is 3. The van der Waals surface area contributed by atoms with E-state index < -0.39 is 5.54 Å². The molecule has 0 rings (SSSR count). The molecule has 0 heterocycles. The highest BCUT2D eigenvalue weighted by Crippen LogP contribution is 2.10. The standard InChI is InChI=1S/C13H26N2O3/c1-4-15-13(2,12-14)6-5-7-17-10-11-18-9-8-16-3/h15H,4-11H2,1-3H3. The van der Waals surface area contributed by atoms with Crippen molar-refractivity contribution in [1.82, 2.24) is 5.32 Å². The Morgan fingerprint density at radius 3 is 2.28 bits per heavy atom. The minimum Gasteiger partial charge on any atom is -0.382 e. The Morgan fingerprint density at radius 2 is 1.72 bits per heavy atom. The minimum atomic E-state index is -0.437. The lowest BCUT2D eigenvalue weighted by atomic mass is 9.98. The van der Waals surface area contributed by atoms with Gasteiger partial charge in [-0.2, -0.15) is 5.26 Å². The van der Waals surface area contributed by atoms with Crippen LogP contribution in [0.3, 0.4) is 0 Å². The largest absolute Gasteiger partial charge is 0.382 e. The third-order valence-corrected chi connectivity index (χ3v) is 2.58. The van der Waals surface area contributed by atoms with E-state index in [0.29, 0.717) is 33.0 Å². The molecule has 0 saturated carbocycles. The van der Waals surface area contributed by atoms with Gasteiger partial charge in [0.05, 0.1) is 32.5 Å². The smallest absolute Gasteiger partial charge is 0.104 e. The normalized spacial score (nSPS) is 14.1. The van der Waals surface area contributed by atoms with E-state index in [1.165, 1.54) is 0 Å². The third-order valence-electron chi connectivity index (χ3n) is 2.58. The van der Waals surface area contributed by atoms with Crippen molar-refractivity contribution >= 4 is 0 Å². The lowest BCUT2D eigenvalue weighted by molar-refractivity contribution is 0.0234. The molecule has 18 heavy (non-hydrogen) atoms. The van der Waals surface area contributed by atoms with Crippen LogP contribution in [-0.4, -0.2) is 52.2 Å². The molecule has 0 aliphatic heterocycles. The van der Waals surface area contributed by atoms with Gasteiger partial charge in [0.1, 0.15) is 5.54 Å². The van der Waals surface area contributed by atoms with Crippen LogP contribution in [0.1, 0.15) is 26.7 Å². The van der Waals surface area contributed by atoms with Crippen molar-refractivity contribution in [3.8, 4) is 6.07 Å². The van der Waals surface area contributed by atoms with Crippen LogP contribution in [0.5, 0.6) is 0 Å². The van der Waals surface area contributed by atoms with E-state index in [0.717, 1.165) is 19.4 Å². The van der Waals surface area contributed by atoms with Crippen molar-refractivity contribution in [2.24, 2.45) is 0 Å². The van der Waals surface area contributed by atoms with Crippen molar-refractivity contribution in [3.63, 3.8) is 0 Å². The van der Waals surface area contributed by atoms with Crippen molar-refractivity contribution in [1.29, 1.82) is 5.26 Å². The van der Waals surface area contributed by atoms with Crippen LogP contribution in [0.25, 0.3) is 0 Å². The number of nitriles is 1. The molecule has 0 amide bonds. The van der Waals surface area contributed by atoms with Crippen molar-refractivity contribution in [2.75, 3.05) is 46.7 Å². The maximum atomic E-state index is 9.05. The molecule has 0 saturated heterocycles. The predicted octanol–water partition coefficient (Wildman–Crippen LogP) is 1.34. The SMILES string of the molecule is CCNC(C)(C#N)CCCOCCOCCOC. The summed E-state index contributed by atoms with van der Waals surface area (Å²) in [5.41, 5.74) is -0.437. The zero-order chi connectivity index (χ0) is 13.7. The maximum absolute atomic E-state index is 9.05. The fraction of sp³-hybridized carbons (Fsp3) is 0.923. The second-order valence-electron chi connectivity index (χ2n) is 4.30.